The fraction of sp³-hybridized carbons (Fsp3) is 0.300. The normalized spacial score (nSPS) is 11.4. The third kappa shape index (κ3) is 6.70. The second kappa shape index (κ2) is 9.93. The van der Waals surface area contributed by atoms with Crippen LogP contribution in [-0.2, 0) is 11.2 Å². The van der Waals surface area contributed by atoms with Gasteiger partial charge in [-0.25, -0.2) is 0 Å². The molecule has 0 aliphatic heterocycles. The van der Waals surface area contributed by atoms with Crippen LogP contribution in [0.3, 0.4) is 0 Å². The van der Waals surface area contributed by atoms with Gasteiger partial charge in [0.25, 0.3) is 0 Å². The molecule has 0 N–H and O–H groups in total. The number of nitrogens with zero attached hydrogens (tertiary/aromatic N) is 1. The molecule has 0 radical (unpaired) electrons. The highest BCUT2D eigenvalue weighted by Gasteiger charge is 1.98. The summed E-state index contributed by atoms with van der Waals surface area (Å²) in [6.45, 7) is 3.46. The first-order valence-corrected chi connectivity index (χ1v) is 7.86. The van der Waals surface area contributed by atoms with E-state index in [0.717, 1.165) is 26.1 Å². The van der Waals surface area contributed by atoms with E-state index in [1.54, 1.807) is 0 Å². The third-order valence-corrected chi connectivity index (χ3v) is 3.57. The summed E-state index contributed by atoms with van der Waals surface area (Å²) in [4.78, 5) is 2.31. The molecule has 0 aromatic heterocycles. The van der Waals surface area contributed by atoms with E-state index in [1.165, 1.54) is 11.1 Å². The average Bonchev–Trinajstić information content (AvgIpc) is 2.58. The summed E-state index contributed by atoms with van der Waals surface area (Å²) in [5.74, 6) is 0. The van der Waals surface area contributed by atoms with Gasteiger partial charge in [-0.1, -0.05) is 72.8 Å². The van der Waals surface area contributed by atoms with Crippen LogP contribution >= 0.6 is 0 Å². The predicted molar refractivity (Wildman–Crippen MR) is 93.9 cm³/mol. The van der Waals surface area contributed by atoms with Crippen molar-refractivity contribution in [3.05, 3.63) is 77.9 Å². The molecule has 0 aliphatic rings. The Kier molecular flexibility index (Phi) is 7.44. The zero-order valence-electron chi connectivity index (χ0n) is 13.3. The topological polar surface area (TPSA) is 12.5 Å². The lowest BCUT2D eigenvalue weighted by Crippen LogP contribution is -2.25. The van der Waals surface area contributed by atoms with Crippen LogP contribution in [0, 0.1) is 0 Å². The molecule has 0 unspecified atom stereocenters. The Bertz CT molecular complexity index is 536. The lowest BCUT2D eigenvalue weighted by molar-refractivity contribution is 0.134. The van der Waals surface area contributed by atoms with Gasteiger partial charge in [0, 0.05) is 13.1 Å². The van der Waals surface area contributed by atoms with Crippen LogP contribution < -0.4 is 0 Å². The second-order valence-corrected chi connectivity index (χ2v) is 5.43. The number of hydrogen-bond acceptors (Lipinski definition) is 2. The molecular weight excluding hydrogens is 270 g/mol. The van der Waals surface area contributed by atoms with Crippen molar-refractivity contribution in [2.75, 3.05) is 33.4 Å². The predicted octanol–water partition coefficient (Wildman–Crippen LogP) is 3.89. The van der Waals surface area contributed by atoms with Crippen molar-refractivity contribution in [3.63, 3.8) is 0 Å². The van der Waals surface area contributed by atoms with Crippen LogP contribution in [0.25, 0.3) is 6.08 Å². The van der Waals surface area contributed by atoms with Crippen molar-refractivity contribution in [3.8, 4) is 0 Å². The van der Waals surface area contributed by atoms with Gasteiger partial charge in [-0.05, 0) is 24.6 Å². The molecule has 2 aromatic carbocycles. The minimum Gasteiger partial charge on any atom is -0.376 e. The van der Waals surface area contributed by atoms with Crippen molar-refractivity contribution in [2.45, 2.75) is 6.42 Å². The highest BCUT2D eigenvalue weighted by Crippen LogP contribution is 2.01. The summed E-state index contributed by atoms with van der Waals surface area (Å²) >= 11 is 0. The first-order chi connectivity index (χ1) is 10.8. The van der Waals surface area contributed by atoms with Gasteiger partial charge >= 0.3 is 0 Å². The van der Waals surface area contributed by atoms with E-state index >= 15 is 0 Å². The molecule has 2 aromatic rings. The Morgan fingerprint density at radius 1 is 0.909 bits per heavy atom. The number of likely N-dealkylation sites (N-methyl/N-ethyl adjacent to an activating group) is 1. The van der Waals surface area contributed by atoms with Gasteiger partial charge in [0.15, 0.2) is 0 Å². The molecule has 0 saturated carbocycles. The molecule has 0 atom stereocenters. The Hall–Kier alpha value is -1.90. The molecule has 0 saturated heterocycles. The molecule has 0 fully saturated rings. The van der Waals surface area contributed by atoms with Crippen molar-refractivity contribution < 1.29 is 4.74 Å². The highest BCUT2D eigenvalue weighted by atomic mass is 16.5. The van der Waals surface area contributed by atoms with Gasteiger partial charge in [0.05, 0.1) is 13.2 Å². The van der Waals surface area contributed by atoms with Crippen LogP contribution in [0.2, 0.25) is 0 Å². The average molecular weight is 295 g/mol. The summed E-state index contributed by atoms with van der Waals surface area (Å²) in [5, 5.41) is 0. The Labute approximate surface area is 134 Å². The SMILES string of the molecule is CN(CCOC/C=C/c1ccccc1)CCc1ccccc1. The molecular formula is C20H25NO. The summed E-state index contributed by atoms with van der Waals surface area (Å²) in [6, 6.07) is 20.9. The molecule has 0 spiro atoms. The summed E-state index contributed by atoms with van der Waals surface area (Å²) < 4.78 is 5.65. The molecule has 0 bridgehead atoms. The zero-order chi connectivity index (χ0) is 15.5. The Balaban J connectivity index is 1.54. The second-order valence-electron chi connectivity index (χ2n) is 5.43. The van der Waals surface area contributed by atoms with Crippen molar-refractivity contribution in [2.24, 2.45) is 0 Å². The largest absolute Gasteiger partial charge is 0.376 e. The number of ether oxygens (including phenoxy) is 1. The van der Waals surface area contributed by atoms with Crippen LogP contribution in [0.4, 0.5) is 0 Å². The van der Waals surface area contributed by atoms with Gasteiger partial charge in [-0.3, -0.25) is 0 Å². The van der Waals surface area contributed by atoms with Gasteiger partial charge in [0.2, 0.25) is 0 Å². The maximum absolute atomic E-state index is 5.65. The van der Waals surface area contributed by atoms with Gasteiger partial charge < -0.3 is 9.64 Å². The quantitative estimate of drug-likeness (QED) is 0.651. The number of benzene rings is 2. The number of hydrogen-bond donors (Lipinski definition) is 0. The van der Waals surface area contributed by atoms with Crippen molar-refractivity contribution >= 4 is 6.08 Å². The lowest BCUT2D eigenvalue weighted by atomic mass is 10.1. The molecule has 22 heavy (non-hydrogen) atoms. The first-order valence-electron chi connectivity index (χ1n) is 7.86. The maximum atomic E-state index is 5.65. The van der Waals surface area contributed by atoms with Crippen molar-refractivity contribution in [1.82, 2.24) is 4.90 Å². The Morgan fingerprint density at radius 2 is 1.59 bits per heavy atom. The fourth-order valence-corrected chi connectivity index (χ4v) is 2.20. The highest BCUT2D eigenvalue weighted by molar-refractivity contribution is 5.48. The van der Waals surface area contributed by atoms with E-state index < -0.39 is 0 Å². The molecule has 2 heteroatoms. The monoisotopic (exact) mass is 295 g/mol. The van der Waals surface area contributed by atoms with E-state index in [0.29, 0.717) is 6.61 Å². The smallest absolute Gasteiger partial charge is 0.0651 e. The van der Waals surface area contributed by atoms with Crippen LogP contribution in [-0.4, -0.2) is 38.3 Å². The maximum Gasteiger partial charge on any atom is 0.0651 e. The molecule has 116 valence electrons. The van der Waals surface area contributed by atoms with Crippen LogP contribution in [0.5, 0.6) is 0 Å². The Morgan fingerprint density at radius 3 is 2.32 bits per heavy atom. The third-order valence-electron chi connectivity index (χ3n) is 3.57. The fourth-order valence-electron chi connectivity index (χ4n) is 2.20. The summed E-state index contributed by atoms with van der Waals surface area (Å²) in [5.41, 5.74) is 2.60. The molecule has 0 amide bonds. The number of rotatable bonds is 9. The van der Waals surface area contributed by atoms with Gasteiger partial charge in [-0.15, -0.1) is 0 Å². The van der Waals surface area contributed by atoms with Crippen LogP contribution in [0.15, 0.2) is 66.7 Å². The summed E-state index contributed by atoms with van der Waals surface area (Å²) in [7, 11) is 2.14. The standard InChI is InChI=1S/C20H25NO/c1-21(15-14-20-11-6-3-7-12-20)16-18-22-17-8-13-19-9-4-2-5-10-19/h2-13H,14-18H2,1H3/b13-8+. The first kappa shape index (κ1) is 16.5. The minimum absolute atomic E-state index is 0.668. The minimum atomic E-state index is 0.668. The van der Waals surface area contributed by atoms with E-state index in [2.05, 4.69) is 66.6 Å². The molecule has 0 aliphatic carbocycles. The molecule has 0 heterocycles. The van der Waals surface area contributed by atoms with Gasteiger partial charge in [0.1, 0.15) is 0 Å². The molecule has 2 rings (SSSR count). The van der Waals surface area contributed by atoms with Gasteiger partial charge in [-0.2, -0.15) is 0 Å². The summed E-state index contributed by atoms with van der Waals surface area (Å²) in [6.07, 6.45) is 5.25. The van der Waals surface area contributed by atoms with Crippen LogP contribution in [0.1, 0.15) is 11.1 Å². The van der Waals surface area contributed by atoms with Crippen molar-refractivity contribution in [1.29, 1.82) is 0 Å². The lowest BCUT2D eigenvalue weighted by Gasteiger charge is -2.16. The van der Waals surface area contributed by atoms with E-state index in [1.807, 2.05) is 18.2 Å². The van der Waals surface area contributed by atoms with E-state index in [9.17, 15) is 0 Å². The zero-order valence-corrected chi connectivity index (χ0v) is 13.3. The molecule has 2 nitrogen and oxygen atoms in total. The van der Waals surface area contributed by atoms with E-state index in [-0.39, 0.29) is 0 Å². The van der Waals surface area contributed by atoms with E-state index in [4.69, 9.17) is 4.74 Å².